The van der Waals surface area contributed by atoms with Crippen LogP contribution in [0.4, 0.5) is 13.2 Å². The molecule has 0 radical (unpaired) electrons. The van der Waals surface area contributed by atoms with Crippen LogP contribution in [0.5, 0.6) is 5.75 Å². The lowest BCUT2D eigenvalue weighted by molar-refractivity contribution is -0.274. The number of alkyl halides is 3. The van der Waals surface area contributed by atoms with E-state index in [1.54, 1.807) is 0 Å². The summed E-state index contributed by atoms with van der Waals surface area (Å²) in [5.41, 5.74) is 0.588. The molecule has 0 fully saturated rings. The highest BCUT2D eigenvalue weighted by Crippen LogP contribution is 2.23. The first-order valence-electron chi connectivity index (χ1n) is 9.96. The summed E-state index contributed by atoms with van der Waals surface area (Å²) in [5, 5.41) is 0. The van der Waals surface area contributed by atoms with Gasteiger partial charge in [0, 0.05) is 12.8 Å². The second-order valence-electron chi connectivity index (χ2n) is 6.69. The number of unbranched alkanes of at least 4 members (excludes halogenated alkanes) is 5. The number of esters is 2. The van der Waals surface area contributed by atoms with E-state index in [0.29, 0.717) is 25.0 Å². The van der Waals surface area contributed by atoms with E-state index in [1.807, 2.05) is 6.92 Å². The molecular formula is C21H29F3O5. The maximum atomic E-state index is 12.1. The van der Waals surface area contributed by atoms with Crippen molar-refractivity contribution in [1.29, 1.82) is 0 Å². The first kappa shape index (κ1) is 24.8. The largest absolute Gasteiger partial charge is 0.573 e. The van der Waals surface area contributed by atoms with Crippen molar-refractivity contribution in [2.45, 2.75) is 77.7 Å². The normalized spacial score (nSPS) is 11.2. The van der Waals surface area contributed by atoms with Gasteiger partial charge in [-0.15, -0.1) is 13.2 Å². The van der Waals surface area contributed by atoms with Crippen molar-refractivity contribution in [3.63, 3.8) is 0 Å². The predicted molar refractivity (Wildman–Crippen MR) is 101 cm³/mol. The van der Waals surface area contributed by atoms with E-state index in [-0.39, 0.29) is 24.3 Å². The van der Waals surface area contributed by atoms with E-state index in [4.69, 9.17) is 9.47 Å². The Hall–Kier alpha value is -2.25. The quantitative estimate of drug-likeness (QED) is 0.286. The van der Waals surface area contributed by atoms with E-state index in [1.165, 1.54) is 24.3 Å². The van der Waals surface area contributed by atoms with Crippen molar-refractivity contribution in [3.05, 3.63) is 29.8 Å². The van der Waals surface area contributed by atoms with E-state index < -0.39 is 6.36 Å². The minimum atomic E-state index is -4.73. The highest BCUT2D eigenvalue weighted by atomic mass is 19.4. The van der Waals surface area contributed by atoms with Gasteiger partial charge in [-0.05, 0) is 37.0 Å². The van der Waals surface area contributed by atoms with Gasteiger partial charge in [-0.3, -0.25) is 9.59 Å². The Balaban J connectivity index is 2.03. The number of halogens is 3. The molecule has 29 heavy (non-hydrogen) atoms. The van der Waals surface area contributed by atoms with Crippen LogP contribution >= 0.6 is 0 Å². The molecule has 1 aromatic carbocycles. The van der Waals surface area contributed by atoms with Crippen LogP contribution in [0.15, 0.2) is 24.3 Å². The zero-order valence-corrected chi connectivity index (χ0v) is 16.8. The highest BCUT2D eigenvalue weighted by Gasteiger charge is 2.30. The number of benzene rings is 1. The van der Waals surface area contributed by atoms with Crippen molar-refractivity contribution in [2.75, 3.05) is 6.61 Å². The van der Waals surface area contributed by atoms with Crippen LogP contribution in [0.1, 0.15) is 70.3 Å². The SMILES string of the molecule is CCCOC(=O)CCCCCCCCC(=O)OCc1ccc(OC(F)(F)F)cc1. The minimum Gasteiger partial charge on any atom is -0.466 e. The van der Waals surface area contributed by atoms with Crippen LogP contribution in [0, 0.1) is 0 Å². The van der Waals surface area contributed by atoms with E-state index in [0.717, 1.165) is 44.9 Å². The third-order valence-corrected chi connectivity index (χ3v) is 4.04. The molecule has 5 nitrogen and oxygen atoms in total. The van der Waals surface area contributed by atoms with Crippen LogP contribution in [-0.2, 0) is 25.7 Å². The summed E-state index contributed by atoms with van der Waals surface area (Å²) < 4.78 is 50.2. The molecule has 0 saturated heterocycles. The molecule has 0 saturated carbocycles. The molecular weight excluding hydrogens is 389 g/mol. The number of hydrogen-bond donors (Lipinski definition) is 0. The summed E-state index contributed by atoms with van der Waals surface area (Å²) in [4.78, 5) is 23.0. The Labute approximate surface area is 169 Å². The molecule has 0 aliphatic heterocycles. The topological polar surface area (TPSA) is 61.8 Å². The molecule has 0 aliphatic rings. The zero-order chi connectivity index (χ0) is 21.5. The Morgan fingerprint density at radius 3 is 1.86 bits per heavy atom. The molecule has 8 heteroatoms. The van der Waals surface area contributed by atoms with Crippen molar-refractivity contribution in [2.24, 2.45) is 0 Å². The first-order valence-corrected chi connectivity index (χ1v) is 9.96. The smallest absolute Gasteiger partial charge is 0.466 e. The molecule has 0 unspecified atom stereocenters. The van der Waals surface area contributed by atoms with Crippen LogP contribution < -0.4 is 4.74 Å². The van der Waals surface area contributed by atoms with Gasteiger partial charge in [0.15, 0.2) is 0 Å². The Morgan fingerprint density at radius 1 is 0.828 bits per heavy atom. The Bertz CT molecular complexity index is 599. The van der Waals surface area contributed by atoms with Crippen LogP contribution in [-0.4, -0.2) is 24.9 Å². The second kappa shape index (κ2) is 13.8. The predicted octanol–water partition coefficient (Wildman–Crippen LogP) is 5.70. The van der Waals surface area contributed by atoms with Crippen molar-refractivity contribution in [1.82, 2.24) is 0 Å². The summed E-state index contributed by atoms with van der Waals surface area (Å²) in [6, 6.07) is 5.21. The fourth-order valence-electron chi connectivity index (χ4n) is 2.56. The molecule has 0 bridgehead atoms. The summed E-state index contributed by atoms with van der Waals surface area (Å²) in [6.07, 6.45) is 2.24. The lowest BCUT2D eigenvalue weighted by atomic mass is 10.1. The average Bonchev–Trinajstić information content (AvgIpc) is 2.66. The number of ether oxygens (including phenoxy) is 3. The summed E-state index contributed by atoms with van der Waals surface area (Å²) >= 11 is 0. The lowest BCUT2D eigenvalue weighted by Crippen LogP contribution is -2.17. The number of carbonyl (C=O) groups excluding carboxylic acids is 2. The highest BCUT2D eigenvalue weighted by molar-refractivity contribution is 5.69. The second-order valence-corrected chi connectivity index (χ2v) is 6.69. The third-order valence-electron chi connectivity index (χ3n) is 4.04. The zero-order valence-electron chi connectivity index (χ0n) is 16.8. The van der Waals surface area contributed by atoms with Gasteiger partial charge < -0.3 is 14.2 Å². The molecule has 1 aromatic rings. The van der Waals surface area contributed by atoms with Crippen LogP contribution in [0.2, 0.25) is 0 Å². The summed E-state index contributed by atoms with van der Waals surface area (Å²) in [6.45, 7) is 2.45. The molecule has 0 aromatic heterocycles. The fraction of sp³-hybridized carbons (Fsp3) is 0.619. The van der Waals surface area contributed by atoms with Gasteiger partial charge in [-0.2, -0.15) is 0 Å². The maximum absolute atomic E-state index is 12.1. The van der Waals surface area contributed by atoms with Gasteiger partial charge in [0.1, 0.15) is 12.4 Å². The Kier molecular flexibility index (Phi) is 11.8. The van der Waals surface area contributed by atoms with Crippen LogP contribution in [0.3, 0.4) is 0 Å². The van der Waals surface area contributed by atoms with Crippen LogP contribution in [0.25, 0.3) is 0 Å². The van der Waals surface area contributed by atoms with Gasteiger partial charge in [-0.25, -0.2) is 0 Å². The van der Waals surface area contributed by atoms with Crippen molar-refractivity contribution in [3.8, 4) is 5.75 Å². The Morgan fingerprint density at radius 2 is 1.34 bits per heavy atom. The van der Waals surface area contributed by atoms with Gasteiger partial charge in [0.05, 0.1) is 6.61 Å². The molecule has 0 aliphatic carbocycles. The molecule has 0 atom stereocenters. The van der Waals surface area contributed by atoms with Gasteiger partial charge in [0.2, 0.25) is 0 Å². The third kappa shape index (κ3) is 13.5. The van der Waals surface area contributed by atoms with E-state index >= 15 is 0 Å². The number of rotatable bonds is 14. The summed E-state index contributed by atoms with van der Waals surface area (Å²) in [7, 11) is 0. The van der Waals surface area contributed by atoms with E-state index in [9.17, 15) is 22.8 Å². The summed E-state index contributed by atoms with van der Waals surface area (Å²) in [5.74, 6) is -0.790. The van der Waals surface area contributed by atoms with Gasteiger partial charge >= 0.3 is 18.3 Å². The maximum Gasteiger partial charge on any atom is 0.573 e. The lowest BCUT2D eigenvalue weighted by Gasteiger charge is -2.09. The average molecular weight is 418 g/mol. The minimum absolute atomic E-state index is 0.0132. The molecule has 1 rings (SSSR count). The molecule has 164 valence electrons. The molecule has 0 N–H and O–H groups in total. The van der Waals surface area contributed by atoms with Crippen molar-refractivity contribution < 1.29 is 37.0 Å². The standard InChI is InChI=1S/C21H29F3O5/c1-2-15-27-19(25)9-7-5-3-4-6-8-10-20(26)28-16-17-11-13-18(14-12-17)29-21(22,23)24/h11-14H,2-10,15-16H2,1H3. The molecule has 0 amide bonds. The first-order chi connectivity index (χ1) is 13.8. The molecule has 0 heterocycles. The number of carbonyl (C=O) groups is 2. The fourth-order valence-corrected chi connectivity index (χ4v) is 2.56. The van der Waals surface area contributed by atoms with Gasteiger partial charge in [0.25, 0.3) is 0 Å². The van der Waals surface area contributed by atoms with Crippen molar-refractivity contribution >= 4 is 11.9 Å². The number of hydrogen-bond acceptors (Lipinski definition) is 5. The van der Waals surface area contributed by atoms with E-state index in [2.05, 4.69) is 4.74 Å². The monoisotopic (exact) mass is 418 g/mol. The molecule has 0 spiro atoms. The van der Waals surface area contributed by atoms with Gasteiger partial charge in [-0.1, -0.05) is 44.7 Å².